The number of rotatable bonds is 2. The summed E-state index contributed by atoms with van der Waals surface area (Å²) >= 11 is 0. The molecule has 98 valence electrons. The highest BCUT2D eigenvalue weighted by atomic mass is 16.5. The Morgan fingerprint density at radius 3 is 2.56 bits per heavy atom. The molecule has 3 heterocycles. The smallest absolute Gasteiger partial charge is 0.213 e. The first kappa shape index (κ1) is 11.9. The van der Waals surface area contributed by atoms with Crippen molar-refractivity contribution in [2.45, 2.75) is 50.4 Å². The van der Waals surface area contributed by atoms with Crippen molar-refractivity contribution in [3.8, 4) is 5.88 Å². The van der Waals surface area contributed by atoms with E-state index >= 15 is 0 Å². The largest absolute Gasteiger partial charge is 0.481 e. The van der Waals surface area contributed by atoms with Gasteiger partial charge in [0, 0.05) is 30.2 Å². The molecule has 2 unspecified atom stereocenters. The molecular weight excluding hydrogens is 230 g/mol. The molecule has 2 aliphatic heterocycles. The fourth-order valence-corrected chi connectivity index (χ4v) is 3.28. The Balaban J connectivity index is 1.94. The molecule has 0 amide bonds. The van der Waals surface area contributed by atoms with Gasteiger partial charge in [-0.15, -0.1) is 0 Å². The lowest BCUT2D eigenvalue weighted by atomic mass is 9.83. The molecule has 2 fully saturated rings. The van der Waals surface area contributed by atoms with Crippen LogP contribution < -0.4 is 4.74 Å². The fraction of sp³-hybridized carbons (Fsp3) is 0.643. The van der Waals surface area contributed by atoms with E-state index in [4.69, 9.17) is 9.47 Å². The SMILES string of the molecule is COc1ccc(C2(O)CC3CCC(C2)O3)c(C)n1. The van der Waals surface area contributed by atoms with Crippen molar-refractivity contribution in [3.63, 3.8) is 0 Å². The normalized spacial score (nSPS) is 34.6. The number of fused-ring (bicyclic) bond motifs is 2. The Bertz CT molecular complexity index is 448. The van der Waals surface area contributed by atoms with Gasteiger partial charge in [-0.25, -0.2) is 4.98 Å². The predicted molar refractivity (Wildman–Crippen MR) is 66.6 cm³/mol. The predicted octanol–water partition coefficient (Wildman–Crippen LogP) is 1.93. The van der Waals surface area contributed by atoms with Crippen LogP contribution in [-0.2, 0) is 10.3 Å². The van der Waals surface area contributed by atoms with Crippen LogP contribution in [-0.4, -0.2) is 29.4 Å². The molecule has 2 atom stereocenters. The maximum absolute atomic E-state index is 10.9. The third-order valence-corrected chi connectivity index (χ3v) is 4.10. The summed E-state index contributed by atoms with van der Waals surface area (Å²) in [7, 11) is 1.60. The Morgan fingerprint density at radius 1 is 1.33 bits per heavy atom. The summed E-state index contributed by atoms with van der Waals surface area (Å²) in [4.78, 5) is 4.36. The summed E-state index contributed by atoms with van der Waals surface area (Å²) < 4.78 is 10.9. The van der Waals surface area contributed by atoms with E-state index in [1.165, 1.54) is 0 Å². The molecular formula is C14H19NO3. The summed E-state index contributed by atoms with van der Waals surface area (Å²) in [6.45, 7) is 1.92. The molecule has 0 saturated carbocycles. The van der Waals surface area contributed by atoms with Gasteiger partial charge >= 0.3 is 0 Å². The fourth-order valence-electron chi connectivity index (χ4n) is 3.28. The van der Waals surface area contributed by atoms with Crippen LogP contribution in [0.5, 0.6) is 5.88 Å². The second-order valence-electron chi connectivity index (χ2n) is 5.38. The molecule has 18 heavy (non-hydrogen) atoms. The van der Waals surface area contributed by atoms with E-state index < -0.39 is 5.60 Å². The van der Waals surface area contributed by atoms with Gasteiger partial charge in [-0.1, -0.05) is 0 Å². The number of pyridine rings is 1. The molecule has 2 saturated heterocycles. The molecule has 1 aromatic rings. The zero-order valence-corrected chi connectivity index (χ0v) is 10.8. The standard InChI is InChI=1S/C14H19NO3/c1-9-12(5-6-13(15-9)17-2)14(16)7-10-3-4-11(8-14)18-10/h5-6,10-11,16H,3-4,7-8H2,1-2H3. The van der Waals surface area contributed by atoms with Crippen molar-refractivity contribution in [2.75, 3.05) is 7.11 Å². The summed E-state index contributed by atoms with van der Waals surface area (Å²) in [5, 5.41) is 10.9. The van der Waals surface area contributed by atoms with Crippen LogP contribution in [0.4, 0.5) is 0 Å². The van der Waals surface area contributed by atoms with Gasteiger partial charge in [0.1, 0.15) is 0 Å². The second-order valence-corrected chi connectivity index (χ2v) is 5.38. The van der Waals surface area contributed by atoms with Crippen LogP contribution in [0.2, 0.25) is 0 Å². The van der Waals surface area contributed by atoms with E-state index in [2.05, 4.69) is 4.98 Å². The number of aryl methyl sites for hydroxylation is 1. The van der Waals surface area contributed by atoms with Crippen molar-refractivity contribution in [1.29, 1.82) is 0 Å². The average molecular weight is 249 g/mol. The highest BCUT2D eigenvalue weighted by Crippen LogP contribution is 2.44. The molecule has 1 N–H and O–H groups in total. The summed E-state index contributed by atoms with van der Waals surface area (Å²) in [5.74, 6) is 0.592. The Hall–Kier alpha value is -1.13. The monoisotopic (exact) mass is 249 g/mol. The number of hydrogen-bond donors (Lipinski definition) is 1. The molecule has 4 nitrogen and oxygen atoms in total. The molecule has 3 rings (SSSR count). The molecule has 4 heteroatoms. The number of nitrogens with zero attached hydrogens (tertiary/aromatic N) is 1. The maximum atomic E-state index is 10.9. The second kappa shape index (κ2) is 4.21. The molecule has 0 spiro atoms. The quantitative estimate of drug-likeness (QED) is 0.870. The first-order chi connectivity index (χ1) is 8.60. The van der Waals surface area contributed by atoms with Gasteiger partial charge < -0.3 is 14.6 Å². The van der Waals surface area contributed by atoms with Crippen molar-refractivity contribution in [1.82, 2.24) is 4.98 Å². The number of aliphatic hydroxyl groups is 1. The van der Waals surface area contributed by atoms with E-state index in [1.54, 1.807) is 7.11 Å². The van der Waals surface area contributed by atoms with Crippen LogP contribution >= 0.6 is 0 Å². The lowest BCUT2D eigenvalue weighted by molar-refractivity contribution is -0.116. The van der Waals surface area contributed by atoms with E-state index in [0.29, 0.717) is 18.7 Å². The van der Waals surface area contributed by atoms with E-state index in [1.807, 2.05) is 19.1 Å². The van der Waals surface area contributed by atoms with Crippen LogP contribution in [0.1, 0.15) is 36.9 Å². The van der Waals surface area contributed by atoms with Crippen molar-refractivity contribution in [3.05, 3.63) is 23.4 Å². The molecule has 0 aliphatic carbocycles. The van der Waals surface area contributed by atoms with Gasteiger partial charge in [-0.3, -0.25) is 0 Å². The average Bonchev–Trinajstić information content (AvgIpc) is 2.68. The van der Waals surface area contributed by atoms with E-state index in [-0.39, 0.29) is 12.2 Å². The molecule has 2 bridgehead atoms. The topological polar surface area (TPSA) is 51.6 Å². The highest BCUT2D eigenvalue weighted by molar-refractivity contribution is 5.31. The van der Waals surface area contributed by atoms with Crippen LogP contribution in [0.25, 0.3) is 0 Å². The number of methoxy groups -OCH3 is 1. The van der Waals surface area contributed by atoms with Gasteiger partial charge in [0.05, 0.1) is 24.9 Å². The van der Waals surface area contributed by atoms with Crippen molar-refractivity contribution < 1.29 is 14.6 Å². The van der Waals surface area contributed by atoms with Gasteiger partial charge in [-0.2, -0.15) is 0 Å². The Morgan fingerprint density at radius 2 is 2.00 bits per heavy atom. The number of aromatic nitrogens is 1. The number of ether oxygens (including phenoxy) is 2. The van der Waals surface area contributed by atoms with E-state index in [9.17, 15) is 5.11 Å². The lowest BCUT2D eigenvalue weighted by Gasteiger charge is -2.37. The van der Waals surface area contributed by atoms with Gasteiger partial charge in [0.2, 0.25) is 5.88 Å². The minimum absolute atomic E-state index is 0.204. The lowest BCUT2D eigenvalue weighted by Crippen LogP contribution is -2.39. The third-order valence-electron chi connectivity index (χ3n) is 4.10. The zero-order valence-electron chi connectivity index (χ0n) is 10.8. The van der Waals surface area contributed by atoms with Gasteiger partial charge in [0.15, 0.2) is 0 Å². The van der Waals surface area contributed by atoms with Gasteiger partial charge in [0.25, 0.3) is 0 Å². The van der Waals surface area contributed by atoms with Gasteiger partial charge in [-0.05, 0) is 25.8 Å². The molecule has 2 aliphatic rings. The Labute approximate surface area is 107 Å². The van der Waals surface area contributed by atoms with Crippen LogP contribution in [0, 0.1) is 6.92 Å². The first-order valence-electron chi connectivity index (χ1n) is 6.51. The Kier molecular flexibility index (Phi) is 2.79. The van der Waals surface area contributed by atoms with Crippen molar-refractivity contribution >= 4 is 0 Å². The summed E-state index contributed by atoms with van der Waals surface area (Å²) in [6.07, 6.45) is 3.90. The van der Waals surface area contributed by atoms with Crippen LogP contribution in [0.15, 0.2) is 12.1 Å². The summed E-state index contributed by atoms with van der Waals surface area (Å²) in [5.41, 5.74) is 0.981. The highest BCUT2D eigenvalue weighted by Gasteiger charge is 2.45. The summed E-state index contributed by atoms with van der Waals surface area (Å²) in [6, 6.07) is 3.75. The third kappa shape index (κ3) is 1.89. The van der Waals surface area contributed by atoms with Crippen LogP contribution in [0.3, 0.4) is 0 Å². The first-order valence-corrected chi connectivity index (χ1v) is 6.51. The minimum Gasteiger partial charge on any atom is -0.481 e. The molecule has 1 aromatic heterocycles. The number of hydrogen-bond acceptors (Lipinski definition) is 4. The maximum Gasteiger partial charge on any atom is 0.213 e. The molecule has 0 radical (unpaired) electrons. The minimum atomic E-state index is -0.784. The van der Waals surface area contributed by atoms with E-state index in [0.717, 1.165) is 24.1 Å². The zero-order chi connectivity index (χ0) is 12.8. The van der Waals surface area contributed by atoms with Crippen molar-refractivity contribution in [2.24, 2.45) is 0 Å². The molecule has 0 aromatic carbocycles.